The number of nitrogens with zero attached hydrogens (tertiary/aromatic N) is 1. The lowest BCUT2D eigenvalue weighted by Gasteiger charge is -1.99. The molecule has 1 unspecified atom stereocenters. The number of thiophene rings is 1. The lowest BCUT2D eigenvalue weighted by molar-refractivity contribution is -0.120. The molecule has 1 aromatic heterocycles. The number of hydrogen-bond acceptors (Lipinski definition) is 4. The standard InChI is InChI=1S/C8H9N3OS/c1-4-2-5(3-13-4)6-7(12)11-8(9)10-6/h2-3,6H,1H3,(H3,9,10,11,12). The van der Waals surface area contributed by atoms with E-state index >= 15 is 0 Å². The highest BCUT2D eigenvalue weighted by atomic mass is 32.1. The van der Waals surface area contributed by atoms with Gasteiger partial charge in [-0.2, -0.15) is 0 Å². The number of nitrogens with two attached hydrogens (primary N) is 1. The Bertz CT molecular complexity index is 382. The van der Waals surface area contributed by atoms with E-state index in [4.69, 9.17) is 5.73 Å². The van der Waals surface area contributed by atoms with E-state index in [-0.39, 0.29) is 11.9 Å². The third-order valence-corrected chi connectivity index (χ3v) is 2.71. The van der Waals surface area contributed by atoms with Gasteiger partial charge in [-0.1, -0.05) is 0 Å². The van der Waals surface area contributed by atoms with E-state index in [9.17, 15) is 4.79 Å². The van der Waals surface area contributed by atoms with E-state index < -0.39 is 6.04 Å². The van der Waals surface area contributed by atoms with Gasteiger partial charge in [0.25, 0.3) is 5.91 Å². The van der Waals surface area contributed by atoms with Crippen molar-refractivity contribution in [1.29, 1.82) is 0 Å². The number of carbonyl (C=O) groups is 1. The van der Waals surface area contributed by atoms with Crippen LogP contribution in [0.15, 0.2) is 16.4 Å². The van der Waals surface area contributed by atoms with Gasteiger partial charge in [0, 0.05) is 4.88 Å². The molecule has 2 rings (SSSR count). The normalized spacial score (nSPS) is 21.5. The van der Waals surface area contributed by atoms with Crippen LogP contribution in [0.2, 0.25) is 0 Å². The molecule has 1 amide bonds. The summed E-state index contributed by atoms with van der Waals surface area (Å²) in [7, 11) is 0. The van der Waals surface area contributed by atoms with E-state index in [2.05, 4.69) is 10.3 Å². The molecule has 0 aromatic carbocycles. The molecule has 0 spiro atoms. The SMILES string of the molecule is Cc1cc(C2N=C(N)NC2=O)cs1. The zero-order chi connectivity index (χ0) is 9.42. The number of aryl methyl sites for hydroxylation is 1. The molecule has 1 atom stereocenters. The molecular weight excluding hydrogens is 186 g/mol. The Hall–Kier alpha value is -1.36. The molecule has 5 heteroatoms. The summed E-state index contributed by atoms with van der Waals surface area (Å²) in [6.07, 6.45) is 0. The van der Waals surface area contributed by atoms with Gasteiger partial charge in [-0.15, -0.1) is 11.3 Å². The number of carbonyl (C=O) groups excluding carboxylic acids is 1. The van der Waals surface area contributed by atoms with Gasteiger partial charge in [-0.25, -0.2) is 4.99 Å². The quantitative estimate of drug-likeness (QED) is 0.686. The summed E-state index contributed by atoms with van der Waals surface area (Å²) in [6.45, 7) is 1.99. The van der Waals surface area contributed by atoms with E-state index in [0.29, 0.717) is 0 Å². The lowest BCUT2D eigenvalue weighted by atomic mass is 10.1. The van der Waals surface area contributed by atoms with E-state index in [1.54, 1.807) is 11.3 Å². The van der Waals surface area contributed by atoms with Crippen LogP contribution in [0.25, 0.3) is 0 Å². The van der Waals surface area contributed by atoms with Crippen LogP contribution >= 0.6 is 11.3 Å². The largest absolute Gasteiger partial charge is 0.370 e. The second kappa shape index (κ2) is 2.85. The third-order valence-electron chi connectivity index (χ3n) is 1.83. The van der Waals surface area contributed by atoms with Gasteiger partial charge in [0.15, 0.2) is 12.0 Å². The Morgan fingerprint density at radius 2 is 2.46 bits per heavy atom. The first-order valence-corrected chi connectivity index (χ1v) is 4.74. The molecule has 0 radical (unpaired) electrons. The van der Waals surface area contributed by atoms with Gasteiger partial charge in [0.05, 0.1) is 0 Å². The van der Waals surface area contributed by atoms with Crippen LogP contribution in [0, 0.1) is 6.92 Å². The lowest BCUT2D eigenvalue weighted by Crippen LogP contribution is -2.31. The van der Waals surface area contributed by atoms with Gasteiger partial charge in [0.1, 0.15) is 0 Å². The highest BCUT2D eigenvalue weighted by Gasteiger charge is 2.26. The zero-order valence-corrected chi connectivity index (χ0v) is 7.89. The highest BCUT2D eigenvalue weighted by molar-refractivity contribution is 7.10. The van der Waals surface area contributed by atoms with E-state index in [1.165, 1.54) is 4.88 Å². The number of nitrogens with one attached hydrogen (secondary N) is 1. The van der Waals surface area contributed by atoms with Crippen molar-refractivity contribution >= 4 is 23.2 Å². The van der Waals surface area contributed by atoms with Crippen molar-refractivity contribution < 1.29 is 4.79 Å². The molecule has 0 saturated carbocycles. The second-order valence-electron chi connectivity index (χ2n) is 2.90. The Balaban J connectivity index is 2.32. The first-order chi connectivity index (χ1) is 6.16. The Morgan fingerprint density at radius 1 is 1.69 bits per heavy atom. The summed E-state index contributed by atoms with van der Waals surface area (Å²) in [5, 5.41) is 4.40. The van der Waals surface area contributed by atoms with Crippen molar-refractivity contribution in [1.82, 2.24) is 5.32 Å². The predicted octanol–water partition coefficient (Wildman–Crippen LogP) is 0.542. The minimum Gasteiger partial charge on any atom is -0.370 e. The van der Waals surface area contributed by atoms with Crippen LogP contribution in [0.5, 0.6) is 0 Å². The number of hydrogen-bond donors (Lipinski definition) is 2. The second-order valence-corrected chi connectivity index (χ2v) is 4.01. The monoisotopic (exact) mass is 195 g/mol. The van der Waals surface area contributed by atoms with Crippen LogP contribution in [-0.2, 0) is 4.79 Å². The van der Waals surface area contributed by atoms with Gasteiger partial charge in [-0.3, -0.25) is 10.1 Å². The maximum atomic E-state index is 11.3. The van der Waals surface area contributed by atoms with Crippen LogP contribution in [0.3, 0.4) is 0 Å². The molecule has 2 heterocycles. The molecule has 1 aliphatic rings. The van der Waals surface area contributed by atoms with Crippen molar-refractivity contribution in [3.8, 4) is 0 Å². The zero-order valence-electron chi connectivity index (χ0n) is 7.07. The van der Waals surface area contributed by atoms with Crippen LogP contribution < -0.4 is 11.1 Å². The summed E-state index contributed by atoms with van der Waals surface area (Å²) >= 11 is 1.60. The molecule has 1 aliphatic heterocycles. The topological polar surface area (TPSA) is 67.5 Å². The maximum absolute atomic E-state index is 11.3. The summed E-state index contributed by atoms with van der Waals surface area (Å²) < 4.78 is 0. The minimum absolute atomic E-state index is 0.143. The van der Waals surface area contributed by atoms with Crippen molar-refractivity contribution in [3.05, 3.63) is 21.9 Å². The van der Waals surface area contributed by atoms with Crippen molar-refractivity contribution in [3.63, 3.8) is 0 Å². The maximum Gasteiger partial charge on any atom is 0.256 e. The summed E-state index contributed by atoms with van der Waals surface area (Å²) in [5.74, 6) is 0.0640. The average molecular weight is 195 g/mol. The average Bonchev–Trinajstić information content (AvgIpc) is 2.58. The Morgan fingerprint density at radius 3 is 2.92 bits per heavy atom. The highest BCUT2D eigenvalue weighted by Crippen LogP contribution is 2.25. The van der Waals surface area contributed by atoms with Crippen LogP contribution in [-0.4, -0.2) is 11.9 Å². The fourth-order valence-corrected chi connectivity index (χ4v) is 1.98. The van der Waals surface area contributed by atoms with Crippen molar-refractivity contribution in [2.45, 2.75) is 13.0 Å². The van der Waals surface area contributed by atoms with Gasteiger partial charge < -0.3 is 5.73 Å². The molecule has 68 valence electrons. The number of rotatable bonds is 1. The number of aliphatic imine (C=N–C) groups is 1. The summed E-state index contributed by atoms with van der Waals surface area (Å²) in [5.41, 5.74) is 6.30. The number of amides is 1. The van der Waals surface area contributed by atoms with Crippen molar-refractivity contribution in [2.24, 2.45) is 10.7 Å². The molecule has 0 fully saturated rings. The van der Waals surface area contributed by atoms with Gasteiger partial charge >= 0.3 is 0 Å². The Kier molecular flexibility index (Phi) is 1.81. The molecule has 0 aliphatic carbocycles. The molecule has 1 aromatic rings. The fourth-order valence-electron chi connectivity index (χ4n) is 1.26. The molecular formula is C8H9N3OS. The van der Waals surface area contributed by atoms with Gasteiger partial charge in [-0.05, 0) is 23.9 Å². The molecule has 3 N–H and O–H groups in total. The van der Waals surface area contributed by atoms with Crippen molar-refractivity contribution in [2.75, 3.05) is 0 Å². The Labute approximate surface area is 79.5 Å². The summed E-state index contributed by atoms with van der Waals surface area (Å²) in [6, 6.07) is 1.52. The smallest absolute Gasteiger partial charge is 0.256 e. The molecule has 0 saturated heterocycles. The molecule has 0 bridgehead atoms. The molecule has 13 heavy (non-hydrogen) atoms. The number of guanidine groups is 1. The summed E-state index contributed by atoms with van der Waals surface area (Å²) in [4.78, 5) is 16.5. The fraction of sp³-hybridized carbons (Fsp3) is 0.250. The van der Waals surface area contributed by atoms with Crippen LogP contribution in [0.4, 0.5) is 0 Å². The van der Waals surface area contributed by atoms with E-state index in [0.717, 1.165) is 5.56 Å². The van der Waals surface area contributed by atoms with Crippen LogP contribution in [0.1, 0.15) is 16.5 Å². The first-order valence-electron chi connectivity index (χ1n) is 3.86. The minimum atomic E-state index is -0.440. The first kappa shape index (κ1) is 8.25. The predicted molar refractivity (Wildman–Crippen MR) is 51.6 cm³/mol. The third kappa shape index (κ3) is 1.42. The molecule has 4 nitrogen and oxygen atoms in total. The van der Waals surface area contributed by atoms with E-state index in [1.807, 2.05) is 18.4 Å². The van der Waals surface area contributed by atoms with Gasteiger partial charge in [0.2, 0.25) is 0 Å².